The van der Waals surface area contributed by atoms with Crippen LogP contribution in [-0.4, -0.2) is 5.24 Å². The molecule has 0 N–H and O–H groups in total. The molecule has 0 radical (unpaired) electrons. The van der Waals surface area contributed by atoms with Crippen molar-refractivity contribution in [1.82, 2.24) is 0 Å². The van der Waals surface area contributed by atoms with E-state index in [1.165, 1.54) is 11.6 Å². The zero-order valence-corrected chi connectivity index (χ0v) is 10.8. The lowest BCUT2D eigenvalue weighted by molar-refractivity contribution is -0.107. The van der Waals surface area contributed by atoms with Crippen molar-refractivity contribution in [3.63, 3.8) is 0 Å². The first-order chi connectivity index (χ1) is 8.65. The van der Waals surface area contributed by atoms with Crippen LogP contribution in [0.2, 0.25) is 0 Å². The van der Waals surface area contributed by atoms with Gasteiger partial charge in [-0.15, -0.1) is 0 Å². The molecule has 0 unspecified atom stereocenters. The van der Waals surface area contributed by atoms with Crippen molar-refractivity contribution < 1.29 is 4.79 Å². The molecule has 90 valence electrons. The summed E-state index contributed by atoms with van der Waals surface area (Å²) in [6, 6.07) is 16.3. The SMILES string of the molecule is Cc1ccc(-c2cccc(/C=C/C(=O)Cl)c2)cc1. The van der Waals surface area contributed by atoms with Gasteiger partial charge in [0.05, 0.1) is 0 Å². The minimum atomic E-state index is -0.462. The molecule has 0 saturated heterocycles. The number of halogens is 1. The second kappa shape index (κ2) is 5.65. The van der Waals surface area contributed by atoms with Gasteiger partial charge in [-0.05, 0) is 47.4 Å². The van der Waals surface area contributed by atoms with Gasteiger partial charge in [0.15, 0.2) is 0 Å². The Labute approximate surface area is 112 Å². The molecule has 2 aromatic carbocycles. The van der Waals surface area contributed by atoms with Crippen LogP contribution in [-0.2, 0) is 4.79 Å². The summed E-state index contributed by atoms with van der Waals surface area (Å²) < 4.78 is 0. The molecule has 2 heteroatoms. The molecule has 0 aliphatic heterocycles. The highest BCUT2D eigenvalue weighted by atomic mass is 35.5. The summed E-state index contributed by atoms with van der Waals surface area (Å²) in [4.78, 5) is 10.7. The Morgan fingerprint density at radius 2 is 1.78 bits per heavy atom. The number of hydrogen-bond donors (Lipinski definition) is 0. The summed E-state index contributed by atoms with van der Waals surface area (Å²) in [6.07, 6.45) is 3.07. The van der Waals surface area contributed by atoms with E-state index in [2.05, 4.69) is 31.2 Å². The maximum Gasteiger partial charge on any atom is 0.245 e. The topological polar surface area (TPSA) is 17.1 Å². The Morgan fingerprint density at radius 1 is 1.06 bits per heavy atom. The fraction of sp³-hybridized carbons (Fsp3) is 0.0625. The Bertz CT molecular complexity index is 582. The van der Waals surface area contributed by atoms with E-state index in [4.69, 9.17) is 11.6 Å². The van der Waals surface area contributed by atoms with Crippen LogP contribution in [0.15, 0.2) is 54.6 Å². The van der Waals surface area contributed by atoms with Gasteiger partial charge in [0, 0.05) is 0 Å². The number of carbonyl (C=O) groups is 1. The molecular weight excluding hydrogens is 244 g/mol. The van der Waals surface area contributed by atoms with Gasteiger partial charge in [-0.25, -0.2) is 0 Å². The third-order valence-corrected chi connectivity index (χ3v) is 2.80. The third kappa shape index (κ3) is 3.31. The zero-order valence-electron chi connectivity index (χ0n) is 10.1. The van der Waals surface area contributed by atoms with Crippen LogP contribution >= 0.6 is 11.6 Å². The van der Waals surface area contributed by atoms with Gasteiger partial charge in [-0.3, -0.25) is 4.79 Å². The molecule has 0 amide bonds. The van der Waals surface area contributed by atoms with Crippen LogP contribution < -0.4 is 0 Å². The molecule has 0 fully saturated rings. The lowest BCUT2D eigenvalue weighted by Gasteiger charge is -2.03. The van der Waals surface area contributed by atoms with Crippen molar-refractivity contribution in [2.45, 2.75) is 6.92 Å². The van der Waals surface area contributed by atoms with E-state index in [0.29, 0.717) is 0 Å². The normalized spacial score (nSPS) is 10.8. The fourth-order valence-electron chi connectivity index (χ4n) is 1.73. The van der Waals surface area contributed by atoms with Crippen molar-refractivity contribution in [2.24, 2.45) is 0 Å². The second-order valence-corrected chi connectivity index (χ2v) is 4.50. The highest BCUT2D eigenvalue weighted by molar-refractivity contribution is 6.66. The predicted octanol–water partition coefficient (Wildman–Crippen LogP) is 4.44. The summed E-state index contributed by atoms with van der Waals surface area (Å²) in [7, 11) is 0. The summed E-state index contributed by atoms with van der Waals surface area (Å²) >= 11 is 5.28. The van der Waals surface area contributed by atoms with E-state index in [1.54, 1.807) is 6.08 Å². The number of allylic oxidation sites excluding steroid dienone is 1. The number of benzene rings is 2. The molecular formula is C16H13ClO. The average molecular weight is 257 g/mol. The number of hydrogen-bond acceptors (Lipinski definition) is 1. The lowest BCUT2D eigenvalue weighted by Crippen LogP contribution is -1.81. The molecule has 0 aliphatic carbocycles. The Morgan fingerprint density at radius 3 is 2.44 bits per heavy atom. The molecule has 18 heavy (non-hydrogen) atoms. The van der Waals surface area contributed by atoms with Crippen LogP contribution in [0.4, 0.5) is 0 Å². The van der Waals surface area contributed by atoms with E-state index in [1.807, 2.05) is 24.3 Å². The smallest absolute Gasteiger partial charge is 0.245 e. The number of aryl methyl sites for hydroxylation is 1. The van der Waals surface area contributed by atoms with Crippen molar-refractivity contribution in [2.75, 3.05) is 0 Å². The van der Waals surface area contributed by atoms with Crippen LogP contribution in [0.5, 0.6) is 0 Å². The summed E-state index contributed by atoms with van der Waals surface area (Å²) in [5.74, 6) is 0. The molecule has 0 saturated carbocycles. The maximum atomic E-state index is 10.7. The first-order valence-corrected chi connectivity index (χ1v) is 6.07. The largest absolute Gasteiger partial charge is 0.276 e. The van der Waals surface area contributed by atoms with Crippen LogP contribution in [0.3, 0.4) is 0 Å². The Balaban J connectivity index is 2.32. The van der Waals surface area contributed by atoms with Crippen LogP contribution in [0.25, 0.3) is 17.2 Å². The first-order valence-electron chi connectivity index (χ1n) is 5.70. The van der Waals surface area contributed by atoms with Gasteiger partial charge in [0.2, 0.25) is 5.24 Å². The first kappa shape index (κ1) is 12.6. The molecule has 0 spiro atoms. The molecule has 0 aliphatic rings. The number of carbonyl (C=O) groups excluding carboxylic acids is 1. The molecule has 0 aromatic heterocycles. The molecule has 0 bridgehead atoms. The average Bonchev–Trinajstić information content (AvgIpc) is 2.37. The van der Waals surface area contributed by atoms with E-state index in [-0.39, 0.29) is 0 Å². The van der Waals surface area contributed by atoms with E-state index in [0.717, 1.165) is 16.7 Å². The minimum Gasteiger partial charge on any atom is -0.276 e. The van der Waals surface area contributed by atoms with Crippen molar-refractivity contribution in [3.05, 3.63) is 65.7 Å². The van der Waals surface area contributed by atoms with Crippen LogP contribution in [0.1, 0.15) is 11.1 Å². The van der Waals surface area contributed by atoms with Gasteiger partial charge < -0.3 is 0 Å². The second-order valence-electron chi connectivity index (χ2n) is 4.13. The third-order valence-electron chi connectivity index (χ3n) is 2.68. The molecule has 0 atom stereocenters. The van der Waals surface area contributed by atoms with Gasteiger partial charge in [-0.1, -0.05) is 54.1 Å². The van der Waals surface area contributed by atoms with E-state index < -0.39 is 5.24 Å². The van der Waals surface area contributed by atoms with Crippen molar-refractivity contribution in [3.8, 4) is 11.1 Å². The summed E-state index contributed by atoms with van der Waals surface area (Å²) in [6.45, 7) is 2.06. The number of rotatable bonds is 3. The van der Waals surface area contributed by atoms with Crippen molar-refractivity contribution >= 4 is 22.9 Å². The molecule has 2 rings (SSSR count). The lowest BCUT2D eigenvalue weighted by atomic mass is 10.0. The molecule has 1 nitrogen and oxygen atoms in total. The van der Waals surface area contributed by atoms with Crippen LogP contribution in [0, 0.1) is 6.92 Å². The Hall–Kier alpha value is -1.86. The monoisotopic (exact) mass is 256 g/mol. The van der Waals surface area contributed by atoms with Crippen molar-refractivity contribution in [1.29, 1.82) is 0 Å². The fourth-order valence-corrected chi connectivity index (χ4v) is 1.79. The van der Waals surface area contributed by atoms with E-state index >= 15 is 0 Å². The van der Waals surface area contributed by atoms with Gasteiger partial charge >= 0.3 is 0 Å². The predicted molar refractivity (Wildman–Crippen MR) is 76.5 cm³/mol. The Kier molecular flexibility index (Phi) is 3.96. The highest BCUT2D eigenvalue weighted by Gasteiger charge is 1.98. The van der Waals surface area contributed by atoms with Gasteiger partial charge in [0.1, 0.15) is 0 Å². The highest BCUT2D eigenvalue weighted by Crippen LogP contribution is 2.21. The minimum absolute atomic E-state index is 0.462. The zero-order chi connectivity index (χ0) is 13.0. The summed E-state index contributed by atoms with van der Waals surface area (Å²) in [5.41, 5.74) is 4.48. The van der Waals surface area contributed by atoms with Gasteiger partial charge in [-0.2, -0.15) is 0 Å². The maximum absolute atomic E-state index is 10.7. The summed E-state index contributed by atoms with van der Waals surface area (Å²) in [5, 5.41) is -0.462. The standard InChI is InChI=1S/C16H13ClO/c1-12-5-8-14(9-6-12)15-4-2-3-13(11-15)7-10-16(17)18/h2-11H,1H3/b10-7+. The molecule has 0 heterocycles. The van der Waals surface area contributed by atoms with E-state index in [9.17, 15) is 4.79 Å². The quantitative estimate of drug-likeness (QED) is 0.586. The molecule has 2 aromatic rings. The van der Waals surface area contributed by atoms with Gasteiger partial charge in [0.25, 0.3) is 0 Å².